The maximum Gasteiger partial charge on any atom is 0.00695 e. The largest absolute Gasteiger partial charge is 0.402 e. The van der Waals surface area contributed by atoms with E-state index in [0.717, 1.165) is 6.42 Å². The average molecular weight is 181 g/mol. The molecule has 0 unspecified atom stereocenters. The third-order valence-corrected chi connectivity index (χ3v) is 3.05. The lowest BCUT2D eigenvalue weighted by Gasteiger charge is -2.06. The van der Waals surface area contributed by atoms with E-state index in [9.17, 15) is 0 Å². The van der Waals surface area contributed by atoms with Gasteiger partial charge in [-0.25, -0.2) is 0 Å². The Labute approximate surface area is 82.4 Å². The van der Waals surface area contributed by atoms with E-state index in [4.69, 9.17) is 5.73 Å². The molecule has 2 N–H and O–H groups in total. The van der Waals surface area contributed by atoms with Gasteiger partial charge >= 0.3 is 0 Å². The fraction of sp³-hybridized carbons (Fsp3) is 0.833. The Morgan fingerprint density at radius 1 is 0.769 bits per heavy atom. The molecule has 76 valence electrons. The third-order valence-electron chi connectivity index (χ3n) is 3.05. The lowest BCUT2D eigenvalue weighted by molar-refractivity contribution is 0.586. The van der Waals surface area contributed by atoms with Crippen molar-refractivity contribution in [1.29, 1.82) is 0 Å². The maximum atomic E-state index is 6.00. The van der Waals surface area contributed by atoms with E-state index in [1.807, 2.05) is 0 Å². The molecule has 0 bridgehead atoms. The van der Waals surface area contributed by atoms with Gasteiger partial charge in [-0.15, -0.1) is 0 Å². The molecule has 1 aliphatic rings. The third kappa shape index (κ3) is 4.35. The van der Waals surface area contributed by atoms with Gasteiger partial charge in [0.25, 0.3) is 0 Å². The Morgan fingerprint density at radius 3 is 1.85 bits per heavy atom. The molecule has 1 nitrogen and oxygen atoms in total. The van der Waals surface area contributed by atoms with Crippen molar-refractivity contribution in [3.8, 4) is 0 Å². The highest BCUT2D eigenvalue weighted by atomic mass is 14.6. The molecule has 0 aromatic rings. The molecule has 1 rings (SSSR count). The molecule has 0 aromatic heterocycles. The van der Waals surface area contributed by atoms with Crippen LogP contribution in [0.4, 0.5) is 0 Å². The monoisotopic (exact) mass is 181 g/mol. The average Bonchev–Trinajstić information content (AvgIpc) is 2.16. The lowest BCUT2D eigenvalue weighted by Crippen LogP contribution is -2.01. The van der Waals surface area contributed by atoms with Gasteiger partial charge in [0.15, 0.2) is 0 Å². The van der Waals surface area contributed by atoms with Crippen LogP contribution in [0.5, 0.6) is 0 Å². The summed E-state index contributed by atoms with van der Waals surface area (Å²) in [4.78, 5) is 0. The summed E-state index contributed by atoms with van der Waals surface area (Å²) in [6, 6.07) is 0. The van der Waals surface area contributed by atoms with Gasteiger partial charge in [-0.2, -0.15) is 0 Å². The molecular formula is C12H23N. The Morgan fingerprint density at radius 2 is 1.23 bits per heavy atom. The number of nitrogens with two attached hydrogens (primary N) is 1. The fourth-order valence-corrected chi connectivity index (χ4v) is 1.96. The van der Waals surface area contributed by atoms with E-state index in [-0.39, 0.29) is 0 Å². The first-order valence-electron chi connectivity index (χ1n) is 5.75. The number of hydrogen-bond donors (Lipinski definition) is 1. The van der Waals surface area contributed by atoms with Crippen molar-refractivity contribution < 1.29 is 0 Å². The van der Waals surface area contributed by atoms with E-state index in [2.05, 4.69) is 6.92 Å². The lowest BCUT2D eigenvalue weighted by atomic mass is 10.1. The molecule has 0 atom stereocenters. The second-order valence-corrected chi connectivity index (χ2v) is 4.28. The molecule has 0 fully saturated rings. The minimum Gasteiger partial charge on any atom is -0.402 e. The van der Waals surface area contributed by atoms with Crippen LogP contribution in [0, 0.1) is 0 Å². The summed E-state index contributed by atoms with van der Waals surface area (Å²) in [6.45, 7) is 2.20. The minimum absolute atomic E-state index is 1.13. The van der Waals surface area contributed by atoms with Crippen molar-refractivity contribution >= 4 is 0 Å². The van der Waals surface area contributed by atoms with Gasteiger partial charge in [0.2, 0.25) is 0 Å². The summed E-state index contributed by atoms with van der Waals surface area (Å²) >= 11 is 0. The summed E-state index contributed by atoms with van der Waals surface area (Å²) in [7, 11) is 0. The van der Waals surface area contributed by atoms with Crippen LogP contribution in [0.25, 0.3) is 0 Å². The van der Waals surface area contributed by atoms with E-state index in [1.165, 1.54) is 62.6 Å². The summed E-state index contributed by atoms with van der Waals surface area (Å²) in [5, 5.41) is 0. The van der Waals surface area contributed by atoms with Crippen molar-refractivity contribution in [3.05, 3.63) is 11.3 Å². The predicted octanol–water partition coefficient (Wildman–Crippen LogP) is 3.74. The fourth-order valence-electron chi connectivity index (χ4n) is 1.96. The highest BCUT2D eigenvalue weighted by Crippen LogP contribution is 2.18. The molecule has 1 aliphatic carbocycles. The van der Waals surface area contributed by atoms with E-state index >= 15 is 0 Å². The number of rotatable bonds is 0. The van der Waals surface area contributed by atoms with Crippen molar-refractivity contribution in [3.63, 3.8) is 0 Å². The normalized spacial score (nSPS) is 28.1. The first-order chi connectivity index (χ1) is 6.30. The van der Waals surface area contributed by atoms with Gasteiger partial charge in [0, 0.05) is 5.70 Å². The Bertz CT molecular complexity index is 152. The van der Waals surface area contributed by atoms with E-state index < -0.39 is 0 Å². The van der Waals surface area contributed by atoms with Crippen molar-refractivity contribution in [1.82, 2.24) is 0 Å². The SMILES string of the molecule is C/C1=C(\N)CCCCCCCCC1. The Kier molecular flexibility index (Phi) is 4.95. The first-order valence-corrected chi connectivity index (χ1v) is 5.75. The summed E-state index contributed by atoms with van der Waals surface area (Å²) < 4.78 is 0. The molecule has 0 saturated carbocycles. The zero-order valence-electron chi connectivity index (χ0n) is 8.94. The molecule has 0 spiro atoms. The molecular weight excluding hydrogens is 158 g/mol. The molecule has 1 heteroatoms. The number of hydrogen-bond acceptors (Lipinski definition) is 1. The molecule has 0 aromatic carbocycles. The first kappa shape index (κ1) is 10.6. The van der Waals surface area contributed by atoms with E-state index in [1.54, 1.807) is 0 Å². The second kappa shape index (κ2) is 6.06. The highest BCUT2D eigenvalue weighted by molar-refractivity contribution is 5.08. The minimum atomic E-state index is 1.13. The van der Waals surface area contributed by atoms with Gasteiger partial charge in [-0.3, -0.25) is 0 Å². The van der Waals surface area contributed by atoms with Crippen molar-refractivity contribution in [2.24, 2.45) is 5.73 Å². The van der Waals surface area contributed by atoms with Gasteiger partial charge < -0.3 is 5.73 Å². The van der Waals surface area contributed by atoms with Crippen molar-refractivity contribution in [2.45, 2.75) is 64.7 Å². The Hall–Kier alpha value is -0.460. The van der Waals surface area contributed by atoms with Crippen LogP contribution >= 0.6 is 0 Å². The standard InChI is InChI=1S/C12H23N/c1-11-9-7-5-3-2-4-6-8-10-12(11)13/h2-10,13H2,1H3/b12-11+. The molecule has 13 heavy (non-hydrogen) atoms. The second-order valence-electron chi connectivity index (χ2n) is 4.28. The highest BCUT2D eigenvalue weighted by Gasteiger charge is 2.01. The molecule has 0 aliphatic heterocycles. The van der Waals surface area contributed by atoms with Crippen LogP contribution in [0.1, 0.15) is 64.7 Å². The predicted molar refractivity (Wildman–Crippen MR) is 58.4 cm³/mol. The van der Waals surface area contributed by atoms with E-state index in [0.29, 0.717) is 0 Å². The summed E-state index contributed by atoms with van der Waals surface area (Å²) in [6.07, 6.45) is 12.0. The quantitative estimate of drug-likeness (QED) is 0.605. The molecule has 0 heterocycles. The van der Waals surface area contributed by atoms with Crippen LogP contribution in [0.15, 0.2) is 11.3 Å². The molecule has 0 amide bonds. The zero-order chi connectivity index (χ0) is 9.52. The van der Waals surface area contributed by atoms with Gasteiger partial charge in [0.05, 0.1) is 0 Å². The topological polar surface area (TPSA) is 26.0 Å². The summed E-state index contributed by atoms with van der Waals surface area (Å²) in [5.41, 5.74) is 8.61. The Balaban J connectivity index is 2.40. The smallest absolute Gasteiger partial charge is 0.00695 e. The van der Waals surface area contributed by atoms with Gasteiger partial charge in [-0.05, 0) is 32.6 Å². The van der Waals surface area contributed by atoms with Gasteiger partial charge in [-0.1, -0.05) is 37.7 Å². The van der Waals surface area contributed by atoms with Crippen LogP contribution in [-0.2, 0) is 0 Å². The maximum absolute atomic E-state index is 6.00. The number of allylic oxidation sites excluding steroid dienone is 2. The van der Waals surface area contributed by atoms with Crippen molar-refractivity contribution in [2.75, 3.05) is 0 Å². The van der Waals surface area contributed by atoms with Gasteiger partial charge in [0.1, 0.15) is 0 Å². The van der Waals surface area contributed by atoms with Crippen LogP contribution < -0.4 is 5.73 Å². The summed E-state index contributed by atoms with van der Waals surface area (Å²) in [5.74, 6) is 0. The van der Waals surface area contributed by atoms with Crippen LogP contribution in [-0.4, -0.2) is 0 Å². The molecule has 0 saturated heterocycles. The van der Waals surface area contributed by atoms with Crippen LogP contribution in [0.3, 0.4) is 0 Å². The van der Waals surface area contributed by atoms with Crippen LogP contribution in [0.2, 0.25) is 0 Å². The zero-order valence-corrected chi connectivity index (χ0v) is 8.94. The molecule has 0 radical (unpaired) electrons.